The second-order valence-electron chi connectivity index (χ2n) is 7.68. The summed E-state index contributed by atoms with van der Waals surface area (Å²) in [6.45, 7) is 10.2. The molecule has 1 atom stereocenters. The molecule has 1 amide bonds. The highest BCUT2D eigenvalue weighted by Crippen LogP contribution is 2.46. The number of esters is 1. The fraction of sp³-hybridized carbons (Fsp3) is 0.348. The molecular formula is C23H26ClN3O3S. The Balaban J connectivity index is 1.99. The lowest BCUT2D eigenvalue weighted by Crippen LogP contribution is -2.38. The van der Waals surface area contributed by atoms with E-state index in [1.54, 1.807) is 13.0 Å². The van der Waals surface area contributed by atoms with Crippen LogP contribution in [-0.4, -0.2) is 35.1 Å². The Morgan fingerprint density at radius 2 is 2.13 bits per heavy atom. The smallest absolute Gasteiger partial charge is 0.338 e. The van der Waals surface area contributed by atoms with Gasteiger partial charge >= 0.3 is 5.97 Å². The standard InChI is InChI=1S/C23H26ClN3O3S/c1-5-10-30-22(29)20-15(4)26-23-27(21(20)17-8-6-7-9-18(17)24)16(13-31-23)11-19(28)25-12-14(2)3/h5-9,13-14,21H,1,10-12H2,2-4H3,(H,25,28)/t21-/m0/s1. The first-order valence-corrected chi connectivity index (χ1v) is 11.3. The van der Waals surface area contributed by atoms with E-state index in [9.17, 15) is 9.59 Å². The highest BCUT2D eigenvalue weighted by atomic mass is 35.5. The van der Waals surface area contributed by atoms with Gasteiger partial charge < -0.3 is 15.0 Å². The van der Waals surface area contributed by atoms with Crippen molar-refractivity contribution < 1.29 is 14.3 Å². The summed E-state index contributed by atoms with van der Waals surface area (Å²) >= 11 is 7.97. The van der Waals surface area contributed by atoms with E-state index in [4.69, 9.17) is 16.3 Å². The molecule has 164 valence electrons. The quantitative estimate of drug-likeness (QED) is 0.446. The van der Waals surface area contributed by atoms with E-state index in [1.807, 2.05) is 42.4 Å². The van der Waals surface area contributed by atoms with Gasteiger partial charge in [0.25, 0.3) is 0 Å². The molecule has 1 aromatic carbocycles. The van der Waals surface area contributed by atoms with Crippen molar-refractivity contribution in [3.05, 3.63) is 69.9 Å². The lowest BCUT2D eigenvalue weighted by molar-refractivity contribution is -0.138. The topological polar surface area (TPSA) is 71.0 Å². The Bertz CT molecular complexity index is 984. The van der Waals surface area contributed by atoms with Gasteiger partial charge in [0.1, 0.15) is 6.61 Å². The minimum absolute atomic E-state index is 0.0817. The van der Waals surface area contributed by atoms with Crippen molar-refractivity contribution >= 4 is 40.4 Å². The predicted octanol–water partition coefficient (Wildman–Crippen LogP) is 4.81. The molecule has 0 saturated carbocycles. The summed E-state index contributed by atoms with van der Waals surface area (Å²) in [4.78, 5) is 32.1. The number of nitrogens with zero attached hydrogens (tertiary/aromatic N) is 2. The van der Waals surface area contributed by atoms with Gasteiger partial charge in [0.2, 0.25) is 5.91 Å². The molecule has 2 aliphatic rings. The van der Waals surface area contributed by atoms with E-state index < -0.39 is 12.0 Å². The first kappa shape index (κ1) is 23.2. The Morgan fingerprint density at radius 3 is 2.81 bits per heavy atom. The number of allylic oxidation sites excluding steroid dienone is 1. The number of hydrogen-bond acceptors (Lipinski definition) is 6. The number of ether oxygens (including phenoxy) is 1. The molecule has 0 aliphatic carbocycles. The maximum absolute atomic E-state index is 13.0. The average molecular weight is 460 g/mol. The fourth-order valence-corrected chi connectivity index (χ4v) is 4.58. The van der Waals surface area contributed by atoms with Crippen LogP contribution in [0.15, 0.2) is 64.3 Å². The number of hydrogen-bond donors (Lipinski definition) is 1. The van der Waals surface area contributed by atoms with Gasteiger partial charge in [-0.25, -0.2) is 9.79 Å². The minimum atomic E-state index is -0.544. The van der Waals surface area contributed by atoms with Gasteiger partial charge in [0.05, 0.1) is 23.7 Å². The molecule has 0 spiro atoms. The van der Waals surface area contributed by atoms with Crippen LogP contribution in [0, 0.1) is 5.92 Å². The van der Waals surface area contributed by atoms with Crippen LogP contribution in [0.5, 0.6) is 0 Å². The maximum Gasteiger partial charge on any atom is 0.338 e. The van der Waals surface area contributed by atoms with Crippen molar-refractivity contribution in [2.24, 2.45) is 10.9 Å². The zero-order valence-corrected chi connectivity index (χ0v) is 19.4. The molecule has 2 heterocycles. The summed E-state index contributed by atoms with van der Waals surface area (Å²) in [6.07, 6.45) is 1.69. The number of thioether (sulfide) groups is 1. The summed E-state index contributed by atoms with van der Waals surface area (Å²) < 4.78 is 5.36. The summed E-state index contributed by atoms with van der Waals surface area (Å²) in [5.74, 6) is -0.205. The summed E-state index contributed by atoms with van der Waals surface area (Å²) in [5.41, 5.74) is 2.47. The number of rotatable bonds is 8. The third kappa shape index (κ3) is 5.22. The molecule has 1 aromatic rings. The second-order valence-corrected chi connectivity index (χ2v) is 8.92. The number of carbonyl (C=O) groups excluding carboxylic acids is 2. The van der Waals surface area contributed by atoms with Crippen LogP contribution in [0.4, 0.5) is 0 Å². The predicted molar refractivity (Wildman–Crippen MR) is 125 cm³/mol. The molecule has 0 bridgehead atoms. The van der Waals surface area contributed by atoms with Crippen molar-refractivity contribution in [3.8, 4) is 0 Å². The van der Waals surface area contributed by atoms with Crippen molar-refractivity contribution in [3.63, 3.8) is 0 Å². The third-order valence-corrected chi connectivity index (χ3v) is 6.03. The van der Waals surface area contributed by atoms with Gasteiger partial charge in [-0.2, -0.15) is 0 Å². The number of fused-ring (bicyclic) bond motifs is 1. The van der Waals surface area contributed by atoms with Crippen LogP contribution in [0.3, 0.4) is 0 Å². The maximum atomic E-state index is 13.0. The molecule has 2 aliphatic heterocycles. The van der Waals surface area contributed by atoms with E-state index in [-0.39, 0.29) is 18.9 Å². The highest BCUT2D eigenvalue weighted by molar-refractivity contribution is 8.16. The molecular weight excluding hydrogens is 434 g/mol. The van der Waals surface area contributed by atoms with Crippen molar-refractivity contribution in [1.82, 2.24) is 10.2 Å². The number of nitrogens with one attached hydrogen (secondary N) is 1. The lowest BCUT2D eigenvalue weighted by Gasteiger charge is -2.36. The first-order valence-electron chi connectivity index (χ1n) is 10.1. The van der Waals surface area contributed by atoms with Gasteiger partial charge in [-0.05, 0) is 29.9 Å². The monoisotopic (exact) mass is 459 g/mol. The summed E-state index contributed by atoms with van der Waals surface area (Å²) in [6, 6.07) is 6.83. The van der Waals surface area contributed by atoms with E-state index in [0.29, 0.717) is 33.9 Å². The highest BCUT2D eigenvalue weighted by Gasteiger charge is 2.41. The molecule has 0 unspecified atom stereocenters. The van der Waals surface area contributed by atoms with Gasteiger partial charge in [-0.1, -0.05) is 68.1 Å². The minimum Gasteiger partial charge on any atom is -0.458 e. The Labute approximate surface area is 192 Å². The third-order valence-electron chi connectivity index (χ3n) is 4.80. The number of halogens is 1. The van der Waals surface area contributed by atoms with Crippen LogP contribution >= 0.6 is 23.4 Å². The molecule has 0 radical (unpaired) electrons. The van der Waals surface area contributed by atoms with Gasteiger partial charge in [0, 0.05) is 17.3 Å². The van der Waals surface area contributed by atoms with Gasteiger partial charge in [0.15, 0.2) is 5.17 Å². The molecule has 31 heavy (non-hydrogen) atoms. The van der Waals surface area contributed by atoms with Crippen molar-refractivity contribution in [2.75, 3.05) is 13.2 Å². The van der Waals surface area contributed by atoms with E-state index in [0.717, 1.165) is 11.3 Å². The van der Waals surface area contributed by atoms with E-state index in [1.165, 1.54) is 17.8 Å². The Hall–Kier alpha value is -2.51. The molecule has 0 fully saturated rings. The summed E-state index contributed by atoms with van der Waals surface area (Å²) in [5, 5.41) is 6.08. The average Bonchev–Trinajstić information content (AvgIpc) is 3.12. The Morgan fingerprint density at radius 1 is 1.39 bits per heavy atom. The van der Waals surface area contributed by atoms with E-state index in [2.05, 4.69) is 16.9 Å². The van der Waals surface area contributed by atoms with Crippen LogP contribution < -0.4 is 5.32 Å². The zero-order chi connectivity index (χ0) is 22.5. The van der Waals surface area contributed by atoms with Crippen molar-refractivity contribution in [1.29, 1.82) is 0 Å². The van der Waals surface area contributed by atoms with Crippen LogP contribution in [0.1, 0.15) is 38.8 Å². The number of amidine groups is 1. The normalized spacial score (nSPS) is 17.8. The molecule has 0 saturated heterocycles. The zero-order valence-electron chi connectivity index (χ0n) is 17.9. The van der Waals surface area contributed by atoms with E-state index >= 15 is 0 Å². The number of amides is 1. The lowest BCUT2D eigenvalue weighted by atomic mass is 9.93. The summed E-state index contributed by atoms with van der Waals surface area (Å²) in [7, 11) is 0. The molecule has 8 heteroatoms. The number of benzene rings is 1. The largest absolute Gasteiger partial charge is 0.458 e. The van der Waals surface area contributed by atoms with Gasteiger partial charge in [-0.3, -0.25) is 4.79 Å². The molecule has 1 N–H and O–H groups in total. The number of carbonyl (C=O) groups is 2. The van der Waals surface area contributed by atoms with Crippen molar-refractivity contribution in [2.45, 2.75) is 33.2 Å². The van der Waals surface area contributed by atoms with Crippen LogP contribution in [0.2, 0.25) is 5.02 Å². The fourth-order valence-electron chi connectivity index (χ4n) is 3.38. The van der Waals surface area contributed by atoms with Crippen LogP contribution in [-0.2, 0) is 14.3 Å². The first-order chi connectivity index (χ1) is 14.8. The SMILES string of the molecule is C=CCOC(=O)C1=C(C)N=C2SC=C(CC(=O)NCC(C)C)N2[C@H]1c1ccccc1Cl. The van der Waals surface area contributed by atoms with Crippen LogP contribution in [0.25, 0.3) is 0 Å². The van der Waals surface area contributed by atoms with Gasteiger partial charge in [-0.15, -0.1) is 0 Å². The second kappa shape index (κ2) is 10.2. The number of aliphatic imine (C=N–C) groups is 1. The molecule has 0 aromatic heterocycles. The Kier molecular flexibility index (Phi) is 7.62. The molecule has 6 nitrogen and oxygen atoms in total. The molecule has 3 rings (SSSR count).